The summed E-state index contributed by atoms with van der Waals surface area (Å²) in [5.74, 6) is 0.584. The SMILES string of the molecule is CC(C)(C)c1cc2n(n1)[C@@H](C(F)F)C[C@@H](C1CCCN(C(=O)C3CCC(=O)N3)C1)N2. The lowest BCUT2D eigenvalue weighted by atomic mass is 9.85. The van der Waals surface area contributed by atoms with Gasteiger partial charge in [0.15, 0.2) is 0 Å². The van der Waals surface area contributed by atoms with Gasteiger partial charge in [-0.2, -0.15) is 5.10 Å². The number of anilines is 1. The fourth-order valence-electron chi connectivity index (χ4n) is 4.81. The molecule has 2 N–H and O–H groups in total. The van der Waals surface area contributed by atoms with Crippen LogP contribution in [0.25, 0.3) is 0 Å². The van der Waals surface area contributed by atoms with Crippen molar-refractivity contribution in [2.45, 2.75) is 82.8 Å². The quantitative estimate of drug-likeness (QED) is 0.784. The Balaban J connectivity index is 1.50. The first-order valence-electron chi connectivity index (χ1n) is 10.9. The van der Waals surface area contributed by atoms with Gasteiger partial charge in [0.25, 0.3) is 6.43 Å². The molecule has 4 heterocycles. The average Bonchev–Trinajstić information content (AvgIpc) is 3.32. The van der Waals surface area contributed by atoms with Crippen molar-refractivity contribution >= 4 is 17.6 Å². The maximum absolute atomic E-state index is 13.9. The normalized spacial score (nSPS) is 29.5. The van der Waals surface area contributed by atoms with Crippen LogP contribution in [0.4, 0.5) is 14.6 Å². The number of amides is 2. The van der Waals surface area contributed by atoms with E-state index in [2.05, 4.69) is 15.7 Å². The number of nitrogens with zero attached hydrogens (tertiary/aromatic N) is 3. The lowest BCUT2D eigenvalue weighted by Gasteiger charge is -2.41. The Morgan fingerprint density at radius 2 is 2.03 bits per heavy atom. The molecule has 0 radical (unpaired) electrons. The van der Waals surface area contributed by atoms with Crippen molar-refractivity contribution in [3.8, 4) is 0 Å². The van der Waals surface area contributed by atoms with Gasteiger partial charge in [-0.15, -0.1) is 0 Å². The zero-order valence-corrected chi connectivity index (χ0v) is 17.8. The van der Waals surface area contributed by atoms with E-state index >= 15 is 0 Å². The number of aromatic nitrogens is 2. The van der Waals surface area contributed by atoms with Gasteiger partial charge < -0.3 is 15.5 Å². The summed E-state index contributed by atoms with van der Waals surface area (Å²) in [4.78, 5) is 26.1. The molecule has 2 amide bonds. The average molecular weight is 424 g/mol. The van der Waals surface area contributed by atoms with E-state index in [1.165, 1.54) is 4.68 Å². The van der Waals surface area contributed by atoms with Crippen LogP contribution in [0, 0.1) is 5.92 Å². The zero-order valence-electron chi connectivity index (χ0n) is 17.8. The summed E-state index contributed by atoms with van der Waals surface area (Å²) >= 11 is 0. The fraction of sp³-hybridized carbons (Fsp3) is 0.762. The van der Waals surface area contributed by atoms with Gasteiger partial charge in [0, 0.05) is 37.0 Å². The van der Waals surface area contributed by atoms with E-state index in [1.54, 1.807) is 4.90 Å². The summed E-state index contributed by atoms with van der Waals surface area (Å²) in [7, 11) is 0. The van der Waals surface area contributed by atoms with E-state index in [0.29, 0.717) is 31.7 Å². The molecule has 3 aliphatic rings. The highest BCUT2D eigenvalue weighted by molar-refractivity contribution is 5.90. The lowest BCUT2D eigenvalue weighted by Crippen LogP contribution is -2.52. The first kappa shape index (κ1) is 21.1. The molecular weight excluding hydrogens is 392 g/mol. The summed E-state index contributed by atoms with van der Waals surface area (Å²) in [6, 6.07) is 0.318. The van der Waals surface area contributed by atoms with Gasteiger partial charge in [-0.3, -0.25) is 9.59 Å². The second-order valence-electron chi connectivity index (χ2n) is 9.84. The predicted octanol–water partition coefficient (Wildman–Crippen LogP) is 2.69. The van der Waals surface area contributed by atoms with E-state index in [4.69, 9.17) is 0 Å². The highest BCUT2D eigenvalue weighted by Crippen LogP contribution is 2.38. The smallest absolute Gasteiger partial charge is 0.260 e. The van der Waals surface area contributed by atoms with Gasteiger partial charge in [0.05, 0.1) is 5.69 Å². The highest BCUT2D eigenvalue weighted by Gasteiger charge is 2.40. The van der Waals surface area contributed by atoms with Crippen LogP contribution >= 0.6 is 0 Å². The molecule has 166 valence electrons. The van der Waals surface area contributed by atoms with Gasteiger partial charge in [0.2, 0.25) is 11.8 Å². The summed E-state index contributed by atoms with van der Waals surface area (Å²) in [5.41, 5.74) is 0.558. The van der Waals surface area contributed by atoms with Crippen LogP contribution in [-0.4, -0.2) is 58.1 Å². The van der Waals surface area contributed by atoms with Crippen molar-refractivity contribution in [3.63, 3.8) is 0 Å². The molecular formula is C21H31F2N5O2. The van der Waals surface area contributed by atoms with Crippen molar-refractivity contribution in [2.75, 3.05) is 18.4 Å². The predicted molar refractivity (Wildman–Crippen MR) is 108 cm³/mol. The number of halogens is 2. The van der Waals surface area contributed by atoms with Gasteiger partial charge in [-0.25, -0.2) is 13.5 Å². The van der Waals surface area contributed by atoms with Crippen molar-refractivity contribution in [1.82, 2.24) is 20.0 Å². The van der Waals surface area contributed by atoms with E-state index in [1.807, 2.05) is 26.8 Å². The minimum absolute atomic E-state index is 0.0492. The van der Waals surface area contributed by atoms with E-state index in [-0.39, 0.29) is 35.6 Å². The molecule has 0 aromatic carbocycles. The zero-order chi connectivity index (χ0) is 21.6. The number of piperidine rings is 1. The van der Waals surface area contributed by atoms with Gasteiger partial charge in [0.1, 0.15) is 17.9 Å². The largest absolute Gasteiger partial charge is 0.367 e. The topological polar surface area (TPSA) is 79.3 Å². The van der Waals surface area contributed by atoms with Gasteiger partial charge in [-0.05, 0) is 31.6 Å². The second-order valence-corrected chi connectivity index (χ2v) is 9.84. The Labute approximate surface area is 175 Å². The maximum atomic E-state index is 13.9. The molecule has 4 rings (SSSR count). The number of fused-ring (bicyclic) bond motifs is 1. The summed E-state index contributed by atoms with van der Waals surface area (Å²) < 4.78 is 29.2. The Kier molecular flexibility index (Phi) is 5.48. The molecule has 4 atom stereocenters. The fourth-order valence-corrected chi connectivity index (χ4v) is 4.81. The molecule has 3 aliphatic heterocycles. The molecule has 7 nitrogen and oxygen atoms in total. The molecule has 0 bridgehead atoms. The van der Waals surface area contributed by atoms with Crippen molar-refractivity contribution < 1.29 is 18.4 Å². The van der Waals surface area contributed by atoms with E-state index < -0.39 is 18.5 Å². The summed E-state index contributed by atoms with van der Waals surface area (Å²) in [6.45, 7) is 7.23. The third kappa shape index (κ3) is 4.03. The number of nitrogens with one attached hydrogen (secondary N) is 2. The third-order valence-electron chi connectivity index (χ3n) is 6.57. The van der Waals surface area contributed by atoms with Gasteiger partial charge in [-0.1, -0.05) is 20.8 Å². The van der Waals surface area contributed by atoms with Crippen LogP contribution in [-0.2, 0) is 15.0 Å². The third-order valence-corrected chi connectivity index (χ3v) is 6.57. The molecule has 2 unspecified atom stereocenters. The first-order chi connectivity index (χ1) is 14.1. The Bertz CT molecular complexity index is 819. The number of carbonyl (C=O) groups excluding carboxylic acids is 2. The molecule has 1 aromatic heterocycles. The molecule has 2 fully saturated rings. The minimum Gasteiger partial charge on any atom is -0.367 e. The molecule has 0 saturated carbocycles. The van der Waals surface area contributed by atoms with Crippen LogP contribution in [0.15, 0.2) is 6.07 Å². The summed E-state index contributed by atoms with van der Waals surface area (Å²) in [6.07, 6.45) is 0.408. The Hall–Kier alpha value is -2.19. The number of hydrogen-bond donors (Lipinski definition) is 2. The van der Waals surface area contributed by atoms with Crippen LogP contribution in [0.2, 0.25) is 0 Å². The van der Waals surface area contributed by atoms with Crippen LogP contribution < -0.4 is 10.6 Å². The van der Waals surface area contributed by atoms with E-state index in [9.17, 15) is 18.4 Å². The molecule has 30 heavy (non-hydrogen) atoms. The van der Waals surface area contributed by atoms with Gasteiger partial charge >= 0.3 is 0 Å². The Morgan fingerprint density at radius 3 is 2.67 bits per heavy atom. The number of hydrogen-bond acceptors (Lipinski definition) is 4. The van der Waals surface area contributed by atoms with Crippen molar-refractivity contribution in [1.29, 1.82) is 0 Å². The van der Waals surface area contributed by atoms with Crippen molar-refractivity contribution in [2.24, 2.45) is 5.92 Å². The minimum atomic E-state index is -2.50. The van der Waals surface area contributed by atoms with E-state index in [0.717, 1.165) is 18.5 Å². The monoisotopic (exact) mass is 423 g/mol. The molecule has 2 saturated heterocycles. The van der Waals surface area contributed by atoms with Crippen LogP contribution in [0.5, 0.6) is 0 Å². The number of alkyl halides is 2. The molecule has 0 spiro atoms. The first-order valence-corrected chi connectivity index (χ1v) is 10.9. The Morgan fingerprint density at radius 1 is 1.27 bits per heavy atom. The second kappa shape index (κ2) is 7.81. The molecule has 9 heteroatoms. The standard InChI is InChI=1S/C21H31F2N5O2/c1-21(2,3)16-10-17-24-14(9-15(19(22)23)28(17)26-16)12-5-4-8-27(11-12)20(30)13-6-7-18(29)25-13/h10,12-15,19,24H,4-9,11H2,1-3H3,(H,25,29)/t12?,13?,14-,15+/m0/s1. The number of carbonyl (C=O) groups is 2. The van der Waals surface area contributed by atoms with Crippen LogP contribution in [0.1, 0.15) is 64.6 Å². The highest BCUT2D eigenvalue weighted by atomic mass is 19.3. The molecule has 1 aromatic rings. The lowest BCUT2D eigenvalue weighted by molar-refractivity contribution is -0.136. The number of rotatable bonds is 3. The summed E-state index contributed by atoms with van der Waals surface area (Å²) in [5, 5.41) is 10.7. The maximum Gasteiger partial charge on any atom is 0.260 e. The van der Waals surface area contributed by atoms with Crippen molar-refractivity contribution in [3.05, 3.63) is 11.8 Å². The number of likely N-dealkylation sites (tertiary alicyclic amines) is 1. The van der Waals surface area contributed by atoms with Crippen LogP contribution in [0.3, 0.4) is 0 Å². The molecule has 0 aliphatic carbocycles.